The number of hydrogen-bond acceptors (Lipinski definition) is 6. The molecule has 0 saturated carbocycles. The number of hydrogen-bond donors (Lipinski definition) is 2. The zero-order valence-electron chi connectivity index (χ0n) is 20.9. The van der Waals surface area contributed by atoms with E-state index in [0.717, 1.165) is 21.7 Å². The van der Waals surface area contributed by atoms with Crippen molar-refractivity contribution in [1.82, 2.24) is 10.3 Å². The lowest BCUT2D eigenvalue weighted by Crippen LogP contribution is -2.29. The molecule has 38 heavy (non-hydrogen) atoms. The molecule has 7 nitrogen and oxygen atoms in total. The van der Waals surface area contributed by atoms with Crippen molar-refractivity contribution in [3.05, 3.63) is 108 Å². The van der Waals surface area contributed by atoms with Crippen molar-refractivity contribution in [3.63, 3.8) is 0 Å². The second-order valence-electron chi connectivity index (χ2n) is 8.37. The Labute approximate surface area is 225 Å². The fourth-order valence-corrected chi connectivity index (χ4v) is 4.10. The van der Waals surface area contributed by atoms with Gasteiger partial charge in [0.25, 0.3) is 5.91 Å². The number of carbonyl (C=O) groups is 2. The summed E-state index contributed by atoms with van der Waals surface area (Å²) in [5.74, 6) is -0.0646. The molecule has 0 aliphatic heterocycles. The predicted molar refractivity (Wildman–Crippen MR) is 148 cm³/mol. The first-order chi connectivity index (χ1) is 18.5. The topological polar surface area (TPSA) is 97.8 Å². The fraction of sp³-hybridized carbons (Fsp3) is 0.167. The van der Waals surface area contributed by atoms with Gasteiger partial charge in [0, 0.05) is 28.6 Å². The van der Waals surface area contributed by atoms with Crippen LogP contribution in [0.4, 0.5) is 0 Å². The van der Waals surface area contributed by atoms with Gasteiger partial charge in [-0.2, -0.15) is 0 Å². The maximum absolute atomic E-state index is 12.4. The molecule has 0 aliphatic rings. The van der Waals surface area contributed by atoms with Gasteiger partial charge in [0.05, 0.1) is 12.2 Å². The molecule has 2 N–H and O–H groups in total. The smallest absolute Gasteiger partial charge is 0.345 e. The zero-order valence-corrected chi connectivity index (χ0v) is 21.7. The van der Waals surface area contributed by atoms with E-state index >= 15 is 0 Å². The molecular formula is C30H28N2O5S. The van der Waals surface area contributed by atoms with Gasteiger partial charge in [0.2, 0.25) is 0 Å². The van der Waals surface area contributed by atoms with Crippen LogP contribution in [-0.4, -0.2) is 47.5 Å². The summed E-state index contributed by atoms with van der Waals surface area (Å²) in [6.07, 6.45) is 2.92. The number of amides is 1. The minimum absolute atomic E-state index is 0.181. The number of carboxylic acids is 1. The van der Waals surface area contributed by atoms with Crippen molar-refractivity contribution < 1.29 is 24.2 Å². The number of aliphatic carboxylic acids is 1. The van der Waals surface area contributed by atoms with Crippen molar-refractivity contribution >= 4 is 23.6 Å². The maximum atomic E-state index is 12.4. The summed E-state index contributed by atoms with van der Waals surface area (Å²) in [4.78, 5) is 29.5. The summed E-state index contributed by atoms with van der Waals surface area (Å²) in [6.45, 7) is 0.636. The number of nitrogens with one attached hydrogen (secondary N) is 1. The molecule has 1 unspecified atom stereocenters. The molecule has 0 spiro atoms. The summed E-state index contributed by atoms with van der Waals surface area (Å²) < 4.78 is 11.4. The van der Waals surface area contributed by atoms with E-state index in [1.54, 1.807) is 54.4 Å². The van der Waals surface area contributed by atoms with Crippen LogP contribution in [0.5, 0.6) is 11.5 Å². The molecule has 4 aromatic rings. The van der Waals surface area contributed by atoms with Crippen LogP contribution in [0.1, 0.15) is 15.9 Å². The van der Waals surface area contributed by atoms with E-state index in [4.69, 9.17) is 9.47 Å². The maximum Gasteiger partial charge on any atom is 0.345 e. The van der Waals surface area contributed by atoms with Crippen LogP contribution in [0.2, 0.25) is 0 Å². The molecule has 8 heteroatoms. The van der Waals surface area contributed by atoms with Crippen molar-refractivity contribution in [1.29, 1.82) is 0 Å². The molecule has 0 radical (unpaired) electrons. The fourth-order valence-electron chi connectivity index (χ4n) is 3.70. The Balaban J connectivity index is 1.22. The number of ether oxygens (including phenoxy) is 2. The molecule has 1 aromatic heterocycles. The minimum atomic E-state index is -1.03. The number of benzene rings is 3. The highest BCUT2D eigenvalue weighted by Gasteiger charge is 2.20. The lowest BCUT2D eigenvalue weighted by molar-refractivity contribution is -0.145. The first kappa shape index (κ1) is 26.8. The normalized spacial score (nSPS) is 11.4. The van der Waals surface area contributed by atoms with E-state index in [1.807, 2.05) is 60.9 Å². The number of carbonyl (C=O) groups excluding carboxylic acids is 1. The van der Waals surface area contributed by atoms with E-state index in [-0.39, 0.29) is 12.3 Å². The molecule has 4 rings (SSSR count). The van der Waals surface area contributed by atoms with Gasteiger partial charge in [0.15, 0.2) is 6.10 Å². The third-order valence-electron chi connectivity index (χ3n) is 5.72. The number of thioether (sulfide) groups is 1. The van der Waals surface area contributed by atoms with Gasteiger partial charge in [-0.05, 0) is 72.5 Å². The molecule has 1 amide bonds. The second-order valence-corrected chi connectivity index (χ2v) is 9.24. The first-order valence-corrected chi connectivity index (χ1v) is 13.3. The van der Waals surface area contributed by atoms with Gasteiger partial charge >= 0.3 is 5.97 Å². The largest absolute Gasteiger partial charge is 0.492 e. The zero-order chi connectivity index (χ0) is 26.7. The molecule has 0 aliphatic carbocycles. The number of nitrogens with zero attached hydrogens (tertiary/aromatic N) is 1. The molecule has 1 heterocycles. The lowest BCUT2D eigenvalue weighted by atomic mass is 10.1. The van der Waals surface area contributed by atoms with Gasteiger partial charge in [-0.25, -0.2) is 4.79 Å². The van der Waals surface area contributed by atoms with E-state index in [2.05, 4.69) is 10.3 Å². The Morgan fingerprint density at radius 1 is 0.921 bits per heavy atom. The average molecular weight is 529 g/mol. The van der Waals surface area contributed by atoms with Crippen LogP contribution in [0.3, 0.4) is 0 Å². The third kappa shape index (κ3) is 7.60. The number of pyridine rings is 1. The van der Waals surface area contributed by atoms with Crippen LogP contribution in [-0.2, 0) is 11.2 Å². The van der Waals surface area contributed by atoms with Gasteiger partial charge in [-0.15, -0.1) is 11.8 Å². The van der Waals surface area contributed by atoms with Crippen molar-refractivity contribution in [2.24, 2.45) is 0 Å². The second kappa shape index (κ2) is 13.3. The van der Waals surface area contributed by atoms with Gasteiger partial charge < -0.3 is 19.9 Å². The number of aromatic nitrogens is 1. The molecular weight excluding hydrogens is 500 g/mol. The molecule has 0 saturated heterocycles. The number of rotatable bonds is 12. The highest BCUT2D eigenvalue weighted by molar-refractivity contribution is 7.98. The molecule has 0 fully saturated rings. The van der Waals surface area contributed by atoms with Crippen LogP contribution < -0.4 is 14.8 Å². The number of carboxylic acid groups (broad SMARTS) is 1. The Bertz CT molecular complexity index is 1330. The van der Waals surface area contributed by atoms with Gasteiger partial charge in [-0.1, -0.05) is 30.3 Å². The monoisotopic (exact) mass is 528 g/mol. The average Bonchev–Trinajstić information content (AvgIpc) is 2.96. The molecule has 3 aromatic carbocycles. The summed E-state index contributed by atoms with van der Waals surface area (Å²) in [6, 6.07) is 27.5. The van der Waals surface area contributed by atoms with E-state index in [9.17, 15) is 14.7 Å². The summed E-state index contributed by atoms with van der Waals surface area (Å²) >= 11 is 1.61. The standard InChI is InChI=1S/C30H28N2O5S/c1-38-26-15-13-25(14-16-26)37-28(30(34)35)20-21-5-11-24(12-6-21)36-19-18-32-29(33)23-9-7-22(8-10-23)27-4-2-3-17-31-27/h2-17,28H,18-20H2,1H3,(H,32,33)(H,34,35). The Hall–Kier alpha value is -4.30. The minimum Gasteiger partial charge on any atom is -0.492 e. The molecule has 1 atom stereocenters. The Morgan fingerprint density at radius 3 is 2.26 bits per heavy atom. The van der Waals surface area contributed by atoms with Gasteiger partial charge in [-0.3, -0.25) is 9.78 Å². The van der Waals surface area contributed by atoms with E-state index < -0.39 is 12.1 Å². The van der Waals surface area contributed by atoms with Gasteiger partial charge in [0.1, 0.15) is 18.1 Å². The Morgan fingerprint density at radius 2 is 1.63 bits per heavy atom. The highest BCUT2D eigenvalue weighted by Crippen LogP contribution is 2.21. The van der Waals surface area contributed by atoms with Crippen LogP contribution in [0.15, 0.2) is 102 Å². The van der Waals surface area contributed by atoms with Crippen molar-refractivity contribution in [3.8, 4) is 22.8 Å². The predicted octanol–water partition coefficient (Wildman–Crippen LogP) is 5.35. The quantitative estimate of drug-likeness (QED) is 0.189. The van der Waals surface area contributed by atoms with Crippen LogP contribution in [0, 0.1) is 0 Å². The highest BCUT2D eigenvalue weighted by atomic mass is 32.2. The first-order valence-electron chi connectivity index (χ1n) is 12.1. The molecule has 194 valence electrons. The van der Waals surface area contributed by atoms with E-state index in [0.29, 0.717) is 30.2 Å². The van der Waals surface area contributed by atoms with Crippen molar-refractivity contribution in [2.75, 3.05) is 19.4 Å². The van der Waals surface area contributed by atoms with Crippen LogP contribution in [0.25, 0.3) is 11.3 Å². The molecule has 0 bridgehead atoms. The SMILES string of the molecule is CSc1ccc(OC(Cc2ccc(OCCNC(=O)c3ccc(-c4ccccn4)cc3)cc2)C(=O)O)cc1. The summed E-state index contributed by atoms with van der Waals surface area (Å²) in [5.41, 5.74) is 3.17. The third-order valence-corrected chi connectivity index (χ3v) is 6.47. The van der Waals surface area contributed by atoms with Crippen LogP contribution >= 0.6 is 11.8 Å². The Kier molecular flexibility index (Phi) is 9.37. The summed E-state index contributed by atoms with van der Waals surface area (Å²) in [5, 5.41) is 12.4. The van der Waals surface area contributed by atoms with E-state index in [1.165, 1.54) is 0 Å². The van der Waals surface area contributed by atoms with Crippen molar-refractivity contribution in [2.45, 2.75) is 17.4 Å². The summed E-state index contributed by atoms with van der Waals surface area (Å²) in [7, 11) is 0. The lowest BCUT2D eigenvalue weighted by Gasteiger charge is -2.16.